The van der Waals surface area contributed by atoms with E-state index in [4.69, 9.17) is 45.8 Å². The molecule has 2 aromatic rings. The van der Waals surface area contributed by atoms with Crippen LogP contribution in [0.4, 0.5) is 11.4 Å². The molecule has 0 radical (unpaired) electrons. The monoisotopic (exact) mass is 339 g/mol. The summed E-state index contributed by atoms with van der Waals surface area (Å²) >= 11 is 17.7. The van der Waals surface area contributed by atoms with Gasteiger partial charge in [-0.2, -0.15) is 5.26 Å². The Hall–Kier alpha value is -1.93. The number of nitrogens with two attached hydrogens (primary N) is 1. The summed E-state index contributed by atoms with van der Waals surface area (Å²) in [5, 5.41) is 12.1. The fraction of sp³-hybridized carbons (Fsp3) is 0. The van der Waals surface area contributed by atoms with Crippen LogP contribution in [-0.2, 0) is 0 Å². The number of carbonyl (C=O) groups excluding carboxylic acids is 1. The number of nitriles is 1. The Morgan fingerprint density at radius 3 is 2.29 bits per heavy atom. The van der Waals surface area contributed by atoms with Crippen molar-refractivity contribution in [1.29, 1.82) is 5.26 Å². The van der Waals surface area contributed by atoms with Gasteiger partial charge < -0.3 is 11.1 Å². The number of nitrogen functional groups attached to an aromatic ring is 1. The van der Waals surface area contributed by atoms with Gasteiger partial charge in [-0.25, -0.2) is 0 Å². The number of carbonyl (C=O) groups is 1. The van der Waals surface area contributed by atoms with Crippen LogP contribution >= 0.6 is 34.8 Å². The molecule has 1 amide bonds. The van der Waals surface area contributed by atoms with E-state index in [-0.39, 0.29) is 21.3 Å². The average molecular weight is 341 g/mol. The van der Waals surface area contributed by atoms with E-state index in [0.717, 1.165) is 0 Å². The average Bonchev–Trinajstić information content (AvgIpc) is 2.46. The number of benzene rings is 2. The smallest absolute Gasteiger partial charge is 0.255 e. The Kier molecular flexibility index (Phi) is 4.59. The SMILES string of the molecule is N#Cc1ccc(Cl)c(NC(=O)c2cc(Cl)c(N)c(Cl)c2)c1. The Bertz CT molecular complexity index is 746. The topological polar surface area (TPSA) is 78.9 Å². The van der Waals surface area contributed by atoms with E-state index in [0.29, 0.717) is 16.3 Å². The number of halogens is 3. The number of hydrogen-bond acceptors (Lipinski definition) is 3. The van der Waals surface area contributed by atoms with Crippen molar-refractivity contribution < 1.29 is 4.79 Å². The number of rotatable bonds is 2. The van der Waals surface area contributed by atoms with Crippen LogP contribution in [0.15, 0.2) is 30.3 Å². The van der Waals surface area contributed by atoms with Crippen molar-refractivity contribution in [1.82, 2.24) is 0 Å². The molecule has 21 heavy (non-hydrogen) atoms. The van der Waals surface area contributed by atoms with Crippen molar-refractivity contribution in [2.45, 2.75) is 0 Å². The fourth-order valence-corrected chi connectivity index (χ4v) is 2.25. The molecule has 0 atom stereocenters. The molecule has 0 aliphatic rings. The van der Waals surface area contributed by atoms with Crippen LogP contribution in [-0.4, -0.2) is 5.91 Å². The maximum absolute atomic E-state index is 12.2. The van der Waals surface area contributed by atoms with E-state index >= 15 is 0 Å². The van der Waals surface area contributed by atoms with E-state index in [2.05, 4.69) is 5.32 Å². The summed E-state index contributed by atoms with van der Waals surface area (Å²) in [4.78, 5) is 12.2. The molecule has 2 rings (SSSR count). The quantitative estimate of drug-likeness (QED) is 0.797. The van der Waals surface area contributed by atoms with Gasteiger partial charge in [-0.15, -0.1) is 0 Å². The standard InChI is InChI=1S/C14H8Cl3N3O/c15-9-2-1-7(6-18)3-12(9)20-14(21)8-4-10(16)13(19)11(17)5-8/h1-5H,19H2,(H,20,21). The zero-order valence-electron chi connectivity index (χ0n) is 10.5. The molecule has 0 saturated carbocycles. The van der Waals surface area contributed by atoms with Gasteiger partial charge in [0.05, 0.1) is 38.1 Å². The first-order valence-corrected chi connectivity index (χ1v) is 6.81. The Morgan fingerprint density at radius 2 is 1.71 bits per heavy atom. The van der Waals surface area contributed by atoms with Crippen molar-refractivity contribution in [3.05, 3.63) is 56.5 Å². The molecular formula is C14H8Cl3N3O. The third-order valence-corrected chi connectivity index (χ3v) is 3.64. The molecule has 4 nitrogen and oxygen atoms in total. The highest BCUT2D eigenvalue weighted by Crippen LogP contribution is 2.30. The zero-order valence-corrected chi connectivity index (χ0v) is 12.7. The lowest BCUT2D eigenvalue weighted by molar-refractivity contribution is 0.102. The normalized spacial score (nSPS) is 10.0. The summed E-state index contributed by atoms with van der Waals surface area (Å²) in [6.45, 7) is 0. The van der Waals surface area contributed by atoms with E-state index in [9.17, 15) is 4.79 Å². The van der Waals surface area contributed by atoms with Gasteiger partial charge in [0, 0.05) is 5.56 Å². The molecule has 2 aromatic carbocycles. The second-order valence-electron chi connectivity index (χ2n) is 4.11. The van der Waals surface area contributed by atoms with Gasteiger partial charge in [-0.3, -0.25) is 4.79 Å². The van der Waals surface area contributed by atoms with Crippen LogP contribution in [0, 0.1) is 11.3 Å². The second-order valence-corrected chi connectivity index (χ2v) is 5.34. The van der Waals surface area contributed by atoms with Gasteiger partial charge in [-0.1, -0.05) is 34.8 Å². The zero-order chi connectivity index (χ0) is 15.6. The minimum atomic E-state index is -0.462. The molecule has 7 heteroatoms. The summed E-state index contributed by atoms with van der Waals surface area (Å²) in [5.74, 6) is -0.462. The predicted octanol–water partition coefficient (Wildman–Crippen LogP) is 4.35. The number of nitrogens with one attached hydrogen (secondary N) is 1. The number of nitrogens with zero attached hydrogens (tertiary/aromatic N) is 1. The summed E-state index contributed by atoms with van der Waals surface area (Å²) in [7, 11) is 0. The molecule has 0 aromatic heterocycles. The molecule has 106 valence electrons. The summed E-state index contributed by atoms with van der Waals surface area (Å²) in [6.07, 6.45) is 0. The third kappa shape index (κ3) is 3.40. The van der Waals surface area contributed by atoms with E-state index in [1.54, 1.807) is 6.07 Å². The molecule has 0 spiro atoms. The maximum Gasteiger partial charge on any atom is 0.255 e. The summed E-state index contributed by atoms with van der Waals surface area (Å²) < 4.78 is 0. The molecule has 0 unspecified atom stereocenters. The van der Waals surface area contributed by atoms with Crippen LogP contribution in [0.1, 0.15) is 15.9 Å². The molecule has 0 aliphatic carbocycles. The molecule has 0 fully saturated rings. The lowest BCUT2D eigenvalue weighted by Crippen LogP contribution is -2.12. The molecule has 3 N–H and O–H groups in total. The van der Waals surface area contributed by atoms with Crippen LogP contribution in [0.25, 0.3) is 0 Å². The highest BCUT2D eigenvalue weighted by Gasteiger charge is 2.13. The molecular weight excluding hydrogens is 333 g/mol. The molecule has 0 saturated heterocycles. The molecule has 0 aliphatic heterocycles. The van der Waals surface area contributed by atoms with Crippen LogP contribution < -0.4 is 11.1 Å². The number of hydrogen-bond donors (Lipinski definition) is 2. The van der Waals surface area contributed by atoms with E-state index in [1.807, 2.05) is 6.07 Å². The van der Waals surface area contributed by atoms with Crippen molar-refractivity contribution in [2.24, 2.45) is 0 Å². The first-order chi connectivity index (χ1) is 9.92. The highest BCUT2D eigenvalue weighted by atomic mass is 35.5. The lowest BCUT2D eigenvalue weighted by Gasteiger charge is -2.09. The van der Waals surface area contributed by atoms with Gasteiger partial charge >= 0.3 is 0 Å². The van der Waals surface area contributed by atoms with Gasteiger partial charge in [0.25, 0.3) is 5.91 Å². The van der Waals surface area contributed by atoms with Gasteiger partial charge in [0.2, 0.25) is 0 Å². The highest BCUT2D eigenvalue weighted by molar-refractivity contribution is 6.39. The number of anilines is 2. The van der Waals surface area contributed by atoms with Crippen molar-refractivity contribution in [2.75, 3.05) is 11.1 Å². The minimum absolute atomic E-state index is 0.185. The Labute approximate surface area is 136 Å². The van der Waals surface area contributed by atoms with Gasteiger partial charge in [0.15, 0.2) is 0 Å². The Balaban J connectivity index is 2.33. The maximum atomic E-state index is 12.2. The molecule has 0 bridgehead atoms. The Morgan fingerprint density at radius 1 is 1.10 bits per heavy atom. The van der Waals surface area contributed by atoms with Crippen LogP contribution in [0.2, 0.25) is 15.1 Å². The first kappa shape index (κ1) is 15.5. The van der Waals surface area contributed by atoms with Gasteiger partial charge in [0.1, 0.15) is 0 Å². The summed E-state index contributed by atoms with van der Waals surface area (Å²) in [6, 6.07) is 9.32. The second kappa shape index (κ2) is 6.23. The van der Waals surface area contributed by atoms with Crippen molar-refractivity contribution in [3.63, 3.8) is 0 Å². The summed E-state index contributed by atoms with van der Waals surface area (Å²) in [5.41, 5.74) is 6.76. The predicted molar refractivity (Wildman–Crippen MR) is 85.0 cm³/mol. The van der Waals surface area contributed by atoms with Crippen LogP contribution in [0.5, 0.6) is 0 Å². The van der Waals surface area contributed by atoms with Crippen molar-refractivity contribution in [3.8, 4) is 6.07 Å². The third-order valence-electron chi connectivity index (χ3n) is 2.68. The van der Waals surface area contributed by atoms with E-state index in [1.165, 1.54) is 24.3 Å². The van der Waals surface area contributed by atoms with Gasteiger partial charge in [-0.05, 0) is 30.3 Å². The lowest BCUT2D eigenvalue weighted by atomic mass is 10.1. The number of amides is 1. The minimum Gasteiger partial charge on any atom is -0.396 e. The first-order valence-electron chi connectivity index (χ1n) is 5.68. The van der Waals surface area contributed by atoms with Crippen LogP contribution in [0.3, 0.4) is 0 Å². The fourth-order valence-electron chi connectivity index (χ4n) is 1.60. The van der Waals surface area contributed by atoms with E-state index < -0.39 is 5.91 Å². The largest absolute Gasteiger partial charge is 0.396 e. The molecule has 0 heterocycles. The van der Waals surface area contributed by atoms with Crippen molar-refractivity contribution >= 4 is 52.1 Å².